The van der Waals surface area contributed by atoms with Gasteiger partial charge in [0.1, 0.15) is 10.9 Å². The van der Waals surface area contributed by atoms with Crippen LogP contribution in [0.25, 0.3) is 6.08 Å². The number of aliphatic hydroxyl groups is 1. The summed E-state index contributed by atoms with van der Waals surface area (Å²) in [5.74, 6) is -0.597. The summed E-state index contributed by atoms with van der Waals surface area (Å²) in [4.78, 5) is 26.5. The summed E-state index contributed by atoms with van der Waals surface area (Å²) < 4.78 is 0.372. The van der Waals surface area contributed by atoms with Crippen LogP contribution in [0.15, 0.2) is 22.4 Å². The first-order valence-electron chi connectivity index (χ1n) is 5.78. The minimum Gasteiger partial charge on any atom is -0.395 e. The molecule has 5 nitrogen and oxygen atoms in total. The fourth-order valence-corrected chi connectivity index (χ4v) is 3.51. The number of carbonyl (C=O) groups is 2. The van der Waals surface area contributed by atoms with E-state index in [2.05, 4.69) is 5.32 Å². The Bertz CT molecular complexity index is 554. The second-order valence-electron chi connectivity index (χ2n) is 3.86. The molecule has 0 saturated carbocycles. The van der Waals surface area contributed by atoms with E-state index in [1.807, 2.05) is 17.5 Å². The quantitative estimate of drug-likeness (QED) is 0.625. The molecule has 0 aromatic carbocycles. The van der Waals surface area contributed by atoms with Crippen LogP contribution in [0.5, 0.6) is 0 Å². The number of hydrogen-bond acceptors (Lipinski definition) is 6. The molecule has 0 radical (unpaired) electrons. The molecule has 2 N–H and O–H groups in total. The van der Waals surface area contributed by atoms with Gasteiger partial charge in [-0.15, -0.1) is 11.3 Å². The molecule has 1 fully saturated rings. The molecule has 20 heavy (non-hydrogen) atoms. The highest BCUT2D eigenvalue weighted by molar-refractivity contribution is 8.26. The lowest BCUT2D eigenvalue weighted by atomic mass is 10.3. The summed E-state index contributed by atoms with van der Waals surface area (Å²) in [6.07, 6.45) is 1.77. The van der Waals surface area contributed by atoms with Gasteiger partial charge < -0.3 is 10.4 Å². The van der Waals surface area contributed by atoms with Crippen molar-refractivity contribution in [1.29, 1.82) is 0 Å². The molecule has 0 atom stereocenters. The highest BCUT2D eigenvalue weighted by Gasteiger charge is 2.33. The van der Waals surface area contributed by atoms with E-state index in [1.165, 1.54) is 28.0 Å². The number of rotatable bonds is 5. The Morgan fingerprint density at radius 3 is 3.00 bits per heavy atom. The number of nitrogens with one attached hydrogen (secondary N) is 1. The van der Waals surface area contributed by atoms with Gasteiger partial charge in [-0.25, -0.2) is 0 Å². The van der Waals surface area contributed by atoms with Gasteiger partial charge in [0.25, 0.3) is 5.91 Å². The molecular weight excluding hydrogens is 316 g/mol. The van der Waals surface area contributed by atoms with E-state index in [0.717, 1.165) is 4.88 Å². The first-order valence-corrected chi connectivity index (χ1v) is 7.88. The summed E-state index contributed by atoms with van der Waals surface area (Å²) >= 11 is 7.84. The van der Waals surface area contributed by atoms with Gasteiger partial charge in [-0.3, -0.25) is 14.5 Å². The van der Waals surface area contributed by atoms with E-state index >= 15 is 0 Å². The third-order valence-corrected chi connectivity index (χ3v) is 4.62. The van der Waals surface area contributed by atoms with Crippen LogP contribution >= 0.6 is 35.3 Å². The van der Waals surface area contributed by atoms with Crippen LogP contribution in [0.1, 0.15) is 4.88 Å². The molecule has 0 unspecified atom stereocenters. The molecule has 0 aliphatic carbocycles. The summed E-state index contributed by atoms with van der Waals surface area (Å²) in [6, 6.07) is 3.81. The predicted octanol–water partition coefficient (Wildman–Crippen LogP) is 1.06. The van der Waals surface area contributed by atoms with Gasteiger partial charge in [-0.2, -0.15) is 0 Å². The Hall–Kier alpha value is -1.22. The number of aliphatic hydroxyl groups excluding tert-OH is 1. The van der Waals surface area contributed by atoms with Crippen LogP contribution in [0.2, 0.25) is 0 Å². The second-order valence-corrected chi connectivity index (χ2v) is 6.51. The fraction of sp³-hybridized carbons (Fsp3) is 0.250. The monoisotopic (exact) mass is 328 g/mol. The second kappa shape index (κ2) is 6.98. The molecule has 2 rings (SSSR count). The molecule has 8 heteroatoms. The maximum Gasteiger partial charge on any atom is 0.266 e. The minimum absolute atomic E-state index is 0.119. The highest BCUT2D eigenvalue weighted by Crippen LogP contribution is 2.32. The zero-order valence-corrected chi connectivity index (χ0v) is 12.8. The molecule has 106 valence electrons. The zero-order valence-electron chi connectivity index (χ0n) is 10.4. The van der Waals surface area contributed by atoms with Crippen LogP contribution in [-0.4, -0.2) is 45.8 Å². The first-order chi connectivity index (χ1) is 9.61. The average Bonchev–Trinajstić information content (AvgIpc) is 3.01. The number of thiocarbonyl (C=S) groups is 1. The summed E-state index contributed by atoms with van der Waals surface area (Å²) in [6.45, 7) is -0.0898. The molecule has 1 aromatic rings. The molecule has 1 aliphatic rings. The molecule has 1 saturated heterocycles. The number of carbonyl (C=O) groups excluding carboxylic acids is 2. The van der Waals surface area contributed by atoms with Gasteiger partial charge in [0.05, 0.1) is 11.5 Å². The van der Waals surface area contributed by atoms with Gasteiger partial charge in [-0.05, 0) is 17.5 Å². The van der Waals surface area contributed by atoms with Crippen molar-refractivity contribution in [2.75, 3.05) is 19.7 Å². The number of hydrogen-bond donors (Lipinski definition) is 2. The molecule has 0 bridgehead atoms. The largest absolute Gasteiger partial charge is 0.395 e. The summed E-state index contributed by atoms with van der Waals surface area (Å²) in [5, 5.41) is 13.0. The Morgan fingerprint density at radius 2 is 2.35 bits per heavy atom. The van der Waals surface area contributed by atoms with Crippen molar-refractivity contribution in [2.24, 2.45) is 0 Å². The number of nitrogens with zero attached hydrogens (tertiary/aromatic N) is 1. The van der Waals surface area contributed by atoms with Crippen LogP contribution in [0, 0.1) is 0 Å². The van der Waals surface area contributed by atoms with Gasteiger partial charge in [0.2, 0.25) is 5.91 Å². The van der Waals surface area contributed by atoms with Crippen molar-refractivity contribution in [3.63, 3.8) is 0 Å². The standard InChI is InChI=1S/C12H12N2O3S3/c15-4-3-13-10(16)7-14-11(17)9(20-12(14)18)6-8-2-1-5-19-8/h1-2,5-6,15H,3-4,7H2,(H,13,16)/b9-6-. The predicted molar refractivity (Wildman–Crippen MR) is 84.3 cm³/mol. The molecule has 2 heterocycles. The lowest BCUT2D eigenvalue weighted by Gasteiger charge is -2.13. The Balaban J connectivity index is 2.04. The van der Waals surface area contributed by atoms with Crippen molar-refractivity contribution in [1.82, 2.24) is 10.2 Å². The van der Waals surface area contributed by atoms with Crippen molar-refractivity contribution in [3.8, 4) is 0 Å². The third kappa shape index (κ3) is 3.66. The number of amides is 2. The Labute approximate surface area is 129 Å². The lowest BCUT2D eigenvalue weighted by Crippen LogP contribution is -2.40. The molecular formula is C12H12N2O3S3. The van der Waals surface area contributed by atoms with E-state index in [-0.39, 0.29) is 31.5 Å². The van der Waals surface area contributed by atoms with E-state index in [1.54, 1.807) is 6.08 Å². The molecule has 1 aromatic heterocycles. The molecule has 2 amide bonds. The van der Waals surface area contributed by atoms with Gasteiger partial charge in [-0.1, -0.05) is 30.0 Å². The maximum absolute atomic E-state index is 12.2. The smallest absolute Gasteiger partial charge is 0.266 e. The van der Waals surface area contributed by atoms with Crippen LogP contribution in [0.3, 0.4) is 0 Å². The van der Waals surface area contributed by atoms with Crippen LogP contribution in [-0.2, 0) is 9.59 Å². The normalized spacial score (nSPS) is 17.1. The van der Waals surface area contributed by atoms with E-state index in [4.69, 9.17) is 17.3 Å². The van der Waals surface area contributed by atoms with Crippen LogP contribution < -0.4 is 5.32 Å². The number of thioether (sulfide) groups is 1. The zero-order chi connectivity index (χ0) is 14.5. The molecule has 1 aliphatic heterocycles. The SMILES string of the molecule is O=C(CN1C(=O)/C(=C/c2cccs2)SC1=S)NCCO. The van der Waals surface area contributed by atoms with Crippen molar-refractivity contribution in [2.45, 2.75) is 0 Å². The fourth-order valence-electron chi connectivity index (χ4n) is 1.53. The Kier molecular flexibility index (Phi) is 5.30. The van der Waals surface area contributed by atoms with E-state index in [9.17, 15) is 9.59 Å². The van der Waals surface area contributed by atoms with Gasteiger partial charge in [0, 0.05) is 11.4 Å². The lowest BCUT2D eigenvalue weighted by molar-refractivity contribution is -0.128. The Morgan fingerprint density at radius 1 is 1.55 bits per heavy atom. The highest BCUT2D eigenvalue weighted by atomic mass is 32.2. The summed E-state index contributed by atoms with van der Waals surface area (Å²) in [7, 11) is 0. The topological polar surface area (TPSA) is 69.6 Å². The third-order valence-electron chi connectivity index (χ3n) is 2.43. The van der Waals surface area contributed by atoms with E-state index < -0.39 is 0 Å². The average molecular weight is 328 g/mol. The van der Waals surface area contributed by atoms with Crippen molar-refractivity contribution in [3.05, 3.63) is 27.3 Å². The van der Waals surface area contributed by atoms with Crippen molar-refractivity contribution < 1.29 is 14.7 Å². The molecule has 0 spiro atoms. The van der Waals surface area contributed by atoms with E-state index in [0.29, 0.717) is 9.23 Å². The van der Waals surface area contributed by atoms with Gasteiger partial charge >= 0.3 is 0 Å². The minimum atomic E-state index is -0.340. The summed E-state index contributed by atoms with van der Waals surface area (Å²) in [5.41, 5.74) is 0. The first kappa shape index (κ1) is 15.2. The maximum atomic E-state index is 12.2. The van der Waals surface area contributed by atoms with Gasteiger partial charge in [0.15, 0.2) is 0 Å². The number of thiophene rings is 1. The van der Waals surface area contributed by atoms with Crippen molar-refractivity contribution >= 4 is 57.5 Å². The van der Waals surface area contributed by atoms with Crippen LogP contribution in [0.4, 0.5) is 0 Å².